The van der Waals surface area contributed by atoms with Crippen molar-refractivity contribution in [1.29, 1.82) is 0 Å². The lowest BCUT2D eigenvalue weighted by Crippen LogP contribution is -2.37. The normalized spacial score (nSPS) is 26.6. The van der Waals surface area contributed by atoms with Gasteiger partial charge < -0.3 is 10.3 Å². The molecule has 0 aromatic carbocycles. The van der Waals surface area contributed by atoms with Crippen LogP contribution in [0.5, 0.6) is 0 Å². The van der Waals surface area contributed by atoms with Gasteiger partial charge in [-0.25, -0.2) is 15.8 Å². The first-order valence-corrected chi connectivity index (χ1v) is 7.52. The molecular formula is C14H24N6. The molecule has 0 radical (unpaired) electrons. The standard InChI is InChI=1S/C14H24N6/c1-3-12-16-13(18-15)8-14(17-12)20-7-6-10-4-5-11(9-20)19(10)2/h8,10-11H,3-7,9,15H2,1-2H3,(H,16,17,18). The Balaban J connectivity index is 1.85. The summed E-state index contributed by atoms with van der Waals surface area (Å²) in [5.74, 6) is 8.07. The zero-order chi connectivity index (χ0) is 14.1. The van der Waals surface area contributed by atoms with Crippen molar-refractivity contribution in [2.24, 2.45) is 5.84 Å². The maximum Gasteiger partial charge on any atom is 0.145 e. The van der Waals surface area contributed by atoms with Crippen LogP contribution in [0.2, 0.25) is 0 Å². The fourth-order valence-corrected chi connectivity index (χ4v) is 3.39. The number of hydrogen-bond donors (Lipinski definition) is 2. The summed E-state index contributed by atoms with van der Waals surface area (Å²) in [5.41, 5.74) is 2.65. The van der Waals surface area contributed by atoms with E-state index in [1.54, 1.807) is 0 Å². The van der Waals surface area contributed by atoms with Crippen molar-refractivity contribution in [3.05, 3.63) is 11.9 Å². The number of anilines is 2. The second kappa shape index (κ2) is 5.54. The first kappa shape index (κ1) is 13.6. The second-order valence-electron chi connectivity index (χ2n) is 5.81. The van der Waals surface area contributed by atoms with Crippen LogP contribution in [0.3, 0.4) is 0 Å². The highest BCUT2D eigenvalue weighted by Gasteiger charge is 2.35. The van der Waals surface area contributed by atoms with E-state index < -0.39 is 0 Å². The Hall–Kier alpha value is -1.40. The molecule has 20 heavy (non-hydrogen) atoms. The molecule has 6 nitrogen and oxygen atoms in total. The molecule has 1 aromatic heterocycles. The number of nitrogens with zero attached hydrogens (tertiary/aromatic N) is 4. The molecule has 6 heteroatoms. The van der Waals surface area contributed by atoms with Crippen molar-refractivity contribution in [1.82, 2.24) is 14.9 Å². The molecule has 3 heterocycles. The summed E-state index contributed by atoms with van der Waals surface area (Å²) < 4.78 is 0. The van der Waals surface area contributed by atoms with Gasteiger partial charge in [-0.2, -0.15) is 0 Å². The van der Waals surface area contributed by atoms with Gasteiger partial charge in [0, 0.05) is 37.7 Å². The highest BCUT2D eigenvalue weighted by Crippen LogP contribution is 2.30. The third-order valence-electron chi connectivity index (χ3n) is 4.70. The molecule has 0 spiro atoms. The van der Waals surface area contributed by atoms with Gasteiger partial charge in [-0.05, 0) is 26.3 Å². The van der Waals surface area contributed by atoms with Gasteiger partial charge in [-0.3, -0.25) is 4.90 Å². The molecular weight excluding hydrogens is 252 g/mol. The minimum absolute atomic E-state index is 0.650. The maximum atomic E-state index is 5.52. The largest absolute Gasteiger partial charge is 0.355 e. The Labute approximate surface area is 120 Å². The average molecular weight is 276 g/mol. The maximum absolute atomic E-state index is 5.52. The van der Waals surface area contributed by atoms with Gasteiger partial charge in [0.05, 0.1) is 0 Å². The van der Waals surface area contributed by atoms with Crippen molar-refractivity contribution >= 4 is 11.6 Å². The smallest absolute Gasteiger partial charge is 0.145 e. The summed E-state index contributed by atoms with van der Waals surface area (Å²) in [4.78, 5) is 14.0. The van der Waals surface area contributed by atoms with E-state index in [1.165, 1.54) is 19.3 Å². The van der Waals surface area contributed by atoms with Crippen LogP contribution < -0.4 is 16.2 Å². The van der Waals surface area contributed by atoms with Crippen LogP contribution in [0.4, 0.5) is 11.6 Å². The first-order chi connectivity index (χ1) is 9.71. The van der Waals surface area contributed by atoms with Crippen molar-refractivity contribution in [3.63, 3.8) is 0 Å². The van der Waals surface area contributed by atoms with Gasteiger partial charge in [0.1, 0.15) is 17.5 Å². The van der Waals surface area contributed by atoms with E-state index in [4.69, 9.17) is 5.84 Å². The van der Waals surface area contributed by atoms with Crippen molar-refractivity contribution in [2.45, 2.75) is 44.7 Å². The van der Waals surface area contributed by atoms with E-state index in [2.05, 4.69) is 39.2 Å². The molecule has 2 bridgehead atoms. The molecule has 2 saturated heterocycles. The number of fused-ring (bicyclic) bond motifs is 2. The van der Waals surface area contributed by atoms with E-state index in [-0.39, 0.29) is 0 Å². The summed E-state index contributed by atoms with van der Waals surface area (Å²) in [7, 11) is 2.26. The summed E-state index contributed by atoms with van der Waals surface area (Å²) in [6.07, 6.45) is 4.67. The van der Waals surface area contributed by atoms with Crippen LogP contribution in [0.25, 0.3) is 0 Å². The second-order valence-corrected chi connectivity index (χ2v) is 5.81. The summed E-state index contributed by atoms with van der Waals surface area (Å²) in [6.45, 7) is 4.18. The molecule has 2 atom stereocenters. The Morgan fingerprint density at radius 2 is 2.10 bits per heavy atom. The molecule has 2 aliphatic rings. The van der Waals surface area contributed by atoms with Gasteiger partial charge in [0.2, 0.25) is 0 Å². The van der Waals surface area contributed by atoms with Crippen LogP contribution >= 0.6 is 0 Å². The number of nitrogens with two attached hydrogens (primary N) is 1. The van der Waals surface area contributed by atoms with Crippen LogP contribution in [0.15, 0.2) is 6.07 Å². The molecule has 110 valence electrons. The van der Waals surface area contributed by atoms with Crippen molar-refractivity contribution in [3.8, 4) is 0 Å². The highest BCUT2D eigenvalue weighted by atomic mass is 15.3. The van der Waals surface area contributed by atoms with Gasteiger partial charge in [0.25, 0.3) is 0 Å². The molecule has 0 amide bonds. The lowest BCUT2D eigenvalue weighted by Gasteiger charge is -2.27. The number of nitrogen functional groups attached to an aromatic ring is 1. The third-order valence-corrected chi connectivity index (χ3v) is 4.70. The number of likely N-dealkylation sites (N-methyl/N-ethyl adjacent to an activating group) is 1. The topological polar surface area (TPSA) is 70.3 Å². The number of nitrogens with one attached hydrogen (secondary N) is 1. The van der Waals surface area contributed by atoms with Crippen LogP contribution in [-0.4, -0.2) is 47.1 Å². The van der Waals surface area contributed by atoms with Crippen molar-refractivity contribution in [2.75, 3.05) is 30.5 Å². The fourth-order valence-electron chi connectivity index (χ4n) is 3.39. The number of aromatic nitrogens is 2. The minimum atomic E-state index is 0.650. The third kappa shape index (κ3) is 2.45. The van der Waals surface area contributed by atoms with E-state index in [9.17, 15) is 0 Å². The lowest BCUT2D eigenvalue weighted by atomic mass is 10.1. The number of rotatable bonds is 3. The van der Waals surface area contributed by atoms with Gasteiger partial charge in [-0.1, -0.05) is 6.92 Å². The van der Waals surface area contributed by atoms with E-state index in [0.29, 0.717) is 11.9 Å². The Morgan fingerprint density at radius 3 is 2.85 bits per heavy atom. The molecule has 2 fully saturated rings. The SMILES string of the molecule is CCc1nc(NN)cc(N2CCC3CCC(C2)N3C)n1. The summed E-state index contributed by atoms with van der Waals surface area (Å²) in [6, 6.07) is 3.35. The number of hydrogen-bond acceptors (Lipinski definition) is 6. The van der Waals surface area contributed by atoms with Gasteiger partial charge in [0.15, 0.2) is 0 Å². The van der Waals surface area contributed by atoms with Crippen molar-refractivity contribution < 1.29 is 0 Å². The van der Waals surface area contributed by atoms with Crippen LogP contribution in [0.1, 0.15) is 32.0 Å². The minimum Gasteiger partial charge on any atom is -0.355 e. The average Bonchev–Trinajstić information content (AvgIpc) is 2.71. The van der Waals surface area contributed by atoms with Gasteiger partial charge >= 0.3 is 0 Å². The zero-order valence-electron chi connectivity index (χ0n) is 12.3. The van der Waals surface area contributed by atoms with Crippen LogP contribution in [-0.2, 0) is 6.42 Å². The lowest BCUT2D eigenvalue weighted by molar-refractivity contribution is 0.254. The Morgan fingerprint density at radius 1 is 1.30 bits per heavy atom. The van der Waals surface area contributed by atoms with Gasteiger partial charge in [-0.15, -0.1) is 0 Å². The van der Waals surface area contributed by atoms with Crippen LogP contribution in [0, 0.1) is 0 Å². The molecule has 0 aliphatic carbocycles. The summed E-state index contributed by atoms with van der Waals surface area (Å²) >= 11 is 0. The predicted octanol–water partition coefficient (Wildman–Crippen LogP) is 0.997. The summed E-state index contributed by atoms with van der Waals surface area (Å²) in [5, 5.41) is 0. The Kier molecular flexibility index (Phi) is 3.76. The Bertz CT molecular complexity index is 454. The quantitative estimate of drug-likeness (QED) is 0.634. The molecule has 3 N–H and O–H groups in total. The number of aryl methyl sites for hydroxylation is 1. The molecule has 1 aromatic rings. The number of hydrazine groups is 1. The predicted molar refractivity (Wildman–Crippen MR) is 80.6 cm³/mol. The highest BCUT2D eigenvalue weighted by molar-refractivity contribution is 5.49. The molecule has 2 aliphatic heterocycles. The van der Waals surface area contributed by atoms with E-state index in [1.807, 2.05) is 6.07 Å². The monoisotopic (exact) mass is 276 g/mol. The zero-order valence-corrected chi connectivity index (χ0v) is 12.3. The molecule has 2 unspecified atom stereocenters. The molecule has 3 rings (SSSR count). The van der Waals surface area contributed by atoms with E-state index >= 15 is 0 Å². The fraction of sp³-hybridized carbons (Fsp3) is 0.714. The first-order valence-electron chi connectivity index (χ1n) is 7.52. The van der Waals surface area contributed by atoms with E-state index in [0.717, 1.165) is 37.2 Å². The molecule has 0 saturated carbocycles.